The number of nitrogens with zero attached hydrogens (tertiary/aromatic N) is 2. The van der Waals surface area contributed by atoms with Crippen LogP contribution in [-0.4, -0.2) is 34.7 Å². The standard InChI is InChI=1S/C29H20N2O5/c32-25-24(26(33)28(35)29(36)27(25)34)31-20-8-4-5-15-9-10-18-22(19(20)13-15)21(31)14-16-11-12-30(23(16)18)17-6-2-1-3-7-17/h1-15,32-36H. The number of rotatable bonds is 2. The largest absolute Gasteiger partial charge is 0.503 e. The first-order chi connectivity index (χ1) is 17.5. The Balaban J connectivity index is 1.72. The van der Waals surface area contributed by atoms with Crippen LogP contribution in [0.5, 0.6) is 28.7 Å². The molecule has 5 N–H and O–H groups in total. The van der Waals surface area contributed by atoms with Crippen LogP contribution in [0.4, 0.5) is 0 Å². The van der Waals surface area contributed by atoms with E-state index in [1.54, 1.807) is 4.57 Å². The minimum Gasteiger partial charge on any atom is -0.503 e. The highest BCUT2D eigenvalue weighted by Crippen LogP contribution is 2.52. The number of aromatic nitrogens is 2. The van der Waals surface area contributed by atoms with Crippen LogP contribution in [-0.2, 0) is 0 Å². The third kappa shape index (κ3) is 2.51. The molecule has 7 nitrogen and oxygen atoms in total. The van der Waals surface area contributed by atoms with Gasteiger partial charge in [0, 0.05) is 39.4 Å². The Morgan fingerprint density at radius 2 is 1.50 bits per heavy atom. The van der Waals surface area contributed by atoms with E-state index in [4.69, 9.17) is 0 Å². The average Bonchev–Trinajstić information content (AvgIpc) is 3.28. The fraction of sp³-hybridized carbons (Fsp3) is 0.0345. The molecular weight excluding hydrogens is 456 g/mol. The van der Waals surface area contributed by atoms with Gasteiger partial charge in [-0.25, -0.2) is 0 Å². The van der Waals surface area contributed by atoms with Gasteiger partial charge in [-0.05, 0) is 30.3 Å². The lowest BCUT2D eigenvalue weighted by Gasteiger charge is -2.15. The number of phenols is 5. The summed E-state index contributed by atoms with van der Waals surface area (Å²) >= 11 is 0. The number of para-hydroxylation sites is 1. The maximum absolute atomic E-state index is 10.8. The van der Waals surface area contributed by atoms with E-state index in [0.29, 0.717) is 10.9 Å². The van der Waals surface area contributed by atoms with Crippen LogP contribution in [0.1, 0.15) is 5.56 Å². The molecule has 0 saturated heterocycles. The van der Waals surface area contributed by atoms with E-state index in [1.807, 2.05) is 66.9 Å². The zero-order valence-electron chi connectivity index (χ0n) is 18.8. The lowest BCUT2D eigenvalue weighted by Crippen LogP contribution is -2.28. The molecule has 0 fully saturated rings. The highest BCUT2D eigenvalue weighted by Gasteiger charge is 2.28. The molecule has 2 aliphatic rings. The van der Waals surface area contributed by atoms with Gasteiger partial charge in [-0.2, -0.15) is 0 Å². The summed E-state index contributed by atoms with van der Waals surface area (Å²) in [5.41, 5.74) is 3.45. The summed E-state index contributed by atoms with van der Waals surface area (Å²) in [5, 5.41) is 55.6. The van der Waals surface area contributed by atoms with Gasteiger partial charge < -0.3 is 34.7 Å². The molecule has 2 aromatic heterocycles. The van der Waals surface area contributed by atoms with E-state index in [2.05, 4.69) is 22.8 Å². The Kier molecular flexibility index (Phi) is 3.95. The van der Waals surface area contributed by atoms with Crippen LogP contribution in [0.2, 0.25) is 0 Å². The van der Waals surface area contributed by atoms with Crippen LogP contribution in [0.25, 0.3) is 51.4 Å². The van der Waals surface area contributed by atoms with E-state index >= 15 is 0 Å². The summed E-state index contributed by atoms with van der Waals surface area (Å²) in [7, 11) is 0. The van der Waals surface area contributed by atoms with E-state index in [1.165, 1.54) is 0 Å². The second kappa shape index (κ2) is 6.99. The first-order valence-electron chi connectivity index (χ1n) is 11.5. The number of allylic oxidation sites excluding steroid dienone is 3. The maximum atomic E-state index is 10.8. The number of benzene rings is 3. The van der Waals surface area contributed by atoms with E-state index in [9.17, 15) is 25.5 Å². The van der Waals surface area contributed by atoms with Crippen molar-refractivity contribution in [1.82, 2.24) is 9.13 Å². The minimum atomic E-state index is -0.987. The van der Waals surface area contributed by atoms with Gasteiger partial charge in [0.2, 0.25) is 17.2 Å². The van der Waals surface area contributed by atoms with Crippen LogP contribution in [0, 0.1) is 5.92 Å². The monoisotopic (exact) mass is 476 g/mol. The van der Waals surface area contributed by atoms with Crippen molar-refractivity contribution in [3.05, 3.63) is 83.0 Å². The molecular formula is C29H20N2O5. The summed E-state index contributed by atoms with van der Waals surface area (Å²) < 4.78 is 3.74. The second-order valence-corrected chi connectivity index (χ2v) is 9.02. The summed E-state index contributed by atoms with van der Waals surface area (Å²) in [6, 6.07) is 14.0. The first-order valence-corrected chi connectivity index (χ1v) is 11.5. The highest BCUT2D eigenvalue weighted by atomic mass is 16.4. The predicted molar refractivity (Wildman–Crippen MR) is 138 cm³/mol. The molecule has 7 rings (SSSR count). The average molecular weight is 476 g/mol. The molecule has 3 aromatic carbocycles. The molecule has 0 radical (unpaired) electrons. The summed E-state index contributed by atoms with van der Waals surface area (Å²) in [5.74, 6) is -4.27. The van der Waals surface area contributed by atoms with E-state index in [0.717, 1.165) is 32.8 Å². The Labute approximate surface area is 204 Å². The van der Waals surface area contributed by atoms with Crippen molar-refractivity contribution in [2.75, 3.05) is 0 Å². The highest BCUT2D eigenvalue weighted by molar-refractivity contribution is 6.07. The van der Waals surface area contributed by atoms with Crippen LogP contribution in [0.3, 0.4) is 0 Å². The van der Waals surface area contributed by atoms with Crippen molar-refractivity contribution in [1.29, 1.82) is 0 Å². The van der Waals surface area contributed by atoms with Crippen molar-refractivity contribution in [2.45, 2.75) is 0 Å². The number of aromatic hydroxyl groups is 5. The third-order valence-corrected chi connectivity index (χ3v) is 7.05. The predicted octanol–water partition coefficient (Wildman–Crippen LogP) is 3.88. The molecule has 2 bridgehead atoms. The van der Waals surface area contributed by atoms with Gasteiger partial charge in [0.1, 0.15) is 5.69 Å². The molecule has 0 aliphatic heterocycles. The quantitative estimate of drug-likeness (QED) is 0.196. The molecule has 2 heterocycles. The lowest BCUT2D eigenvalue weighted by molar-refractivity contribution is 0.327. The molecule has 1 atom stereocenters. The van der Waals surface area contributed by atoms with Crippen molar-refractivity contribution >= 4 is 40.0 Å². The van der Waals surface area contributed by atoms with E-state index in [-0.39, 0.29) is 11.6 Å². The Morgan fingerprint density at radius 1 is 0.778 bits per heavy atom. The zero-order chi connectivity index (χ0) is 24.7. The molecule has 5 aromatic rings. The number of phenolic OH excluding ortho intramolecular Hbond substituents is 5. The van der Waals surface area contributed by atoms with Crippen LogP contribution >= 0.6 is 0 Å². The van der Waals surface area contributed by atoms with Gasteiger partial charge in [0.15, 0.2) is 11.5 Å². The molecule has 2 aliphatic carbocycles. The normalized spacial score (nSPS) is 15.7. The van der Waals surface area contributed by atoms with Crippen LogP contribution in [0.15, 0.2) is 66.9 Å². The summed E-state index contributed by atoms with van der Waals surface area (Å²) in [6.45, 7) is 0. The minimum absolute atomic E-state index is 0.0213. The molecule has 0 amide bonds. The Morgan fingerprint density at radius 3 is 2.25 bits per heavy atom. The Hall–Kier alpha value is -5.04. The van der Waals surface area contributed by atoms with Crippen molar-refractivity contribution in [2.24, 2.45) is 5.92 Å². The fourth-order valence-corrected chi connectivity index (χ4v) is 5.44. The SMILES string of the molecule is Oc1c(O)c(O)c(-n2c3c4c5c(c6c(ccn6-c6ccccc6)cc52)C=CC(C=CC=3)C=4)c(O)c1O. The van der Waals surface area contributed by atoms with Gasteiger partial charge in [-0.3, -0.25) is 0 Å². The fourth-order valence-electron chi connectivity index (χ4n) is 5.44. The summed E-state index contributed by atoms with van der Waals surface area (Å²) in [6.07, 6.45) is 14.1. The Bertz CT molecular complexity index is 1910. The van der Waals surface area contributed by atoms with E-state index < -0.39 is 28.7 Å². The van der Waals surface area contributed by atoms with Crippen molar-refractivity contribution < 1.29 is 25.5 Å². The van der Waals surface area contributed by atoms with Crippen molar-refractivity contribution in [3.8, 4) is 40.1 Å². The van der Waals surface area contributed by atoms with Crippen molar-refractivity contribution in [3.63, 3.8) is 0 Å². The number of hydrogen-bond acceptors (Lipinski definition) is 5. The second-order valence-electron chi connectivity index (χ2n) is 9.02. The molecule has 176 valence electrons. The first kappa shape index (κ1) is 20.3. The van der Waals surface area contributed by atoms with Gasteiger partial charge in [-0.15, -0.1) is 0 Å². The molecule has 0 spiro atoms. The molecule has 1 unspecified atom stereocenters. The molecule has 7 heteroatoms. The molecule has 0 saturated carbocycles. The molecule has 36 heavy (non-hydrogen) atoms. The number of fused-ring (bicyclic) bond motifs is 3. The third-order valence-electron chi connectivity index (χ3n) is 7.05. The van der Waals surface area contributed by atoms with Gasteiger partial charge in [-0.1, -0.05) is 48.6 Å². The smallest absolute Gasteiger partial charge is 0.208 e. The van der Waals surface area contributed by atoms with Gasteiger partial charge >= 0.3 is 0 Å². The maximum Gasteiger partial charge on any atom is 0.208 e. The van der Waals surface area contributed by atoms with Gasteiger partial charge in [0.05, 0.1) is 16.4 Å². The van der Waals surface area contributed by atoms with Crippen LogP contribution < -0.4 is 10.6 Å². The lowest BCUT2D eigenvalue weighted by atomic mass is 10.0. The topological polar surface area (TPSA) is 111 Å². The number of hydrogen-bond donors (Lipinski definition) is 5. The van der Waals surface area contributed by atoms with Gasteiger partial charge in [0.25, 0.3) is 0 Å². The zero-order valence-corrected chi connectivity index (χ0v) is 18.8. The summed E-state index contributed by atoms with van der Waals surface area (Å²) in [4.78, 5) is 0.